The number of halogens is 2. The number of hydrogen-bond acceptors (Lipinski definition) is 5. The Labute approximate surface area is 117 Å². The maximum atomic E-state index is 13.4. The first-order valence-electron chi connectivity index (χ1n) is 5.43. The predicted octanol–water partition coefficient (Wildman–Crippen LogP) is 2.64. The van der Waals surface area contributed by atoms with Crippen LogP contribution in [-0.2, 0) is 10.1 Å². The molecule has 0 atom stereocenters. The maximum Gasteiger partial charge on any atom is 0.342 e. The molecular weight excluding hydrogens is 308 g/mol. The van der Waals surface area contributed by atoms with Gasteiger partial charge >= 0.3 is 10.1 Å². The summed E-state index contributed by atoms with van der Waals surface area (Å²) in [6.45, 7) is 0. The van der Waals surface area contributed by atoms with Crippen molar-refractivity contribution in [2.45, 2.75) is 4.90 Å². The number of nitrogens with zero attached hydrogens (tertiary/aromatic N) is 1. The molecule has 0 aromatic heterocycles. The fourth-order valence-corrected chi connectivity index (χ4v) is 2.48. The van der Waals surface area contributed by atoms with Gasteiger partial charge in [0.05, 0.1) is 11.0 Å². The molecule has 0 fully saturated rings. The Kier molecular flexibility index (Phi) is 3.85. The van der Waals surface area contributed by atoms with Crippen LogP contribution in [0.5, 0.6) is 5.75 Å². The lowest BCUT2D eigenvalue weighted by atomic mass is 10.3. The molecule has 0 aliphatic heterocycles. The summed E-state index contributed by atoms with van der Waals surface area (Å²) in [5.74, 6) is -2.62. The van der Waals surface area contributed by atoms with Crippen molar-refractivity contribution in [2.75, 3.05) is 0 Å². The summed E-state index contributed by atoms with van der Waals surface area (Å²) >= 11 is 0. The van der Waals surface area contributed by atoms with Crippen LogP contribution >= 0.6 is 0 Å². The minimum Gasteiger partial charge on any atom is -0.379 e. The molecule has 2 aromatic rings. The van der Waals surface area contributed by atoms with E-state index in [0.717, 1.165) is 24.3 Å². The van der Waals surface area contributed by atoms with Crippen LogP contribution in [0.4, 0.5) is 14.5 Å². The van der Waals surface area contributed by atoms with Gasteiger partial charge in [-0.3, -0.25) is 10.1 Å². The third-order valence-electron chi connectivity index (χ3n) is 2.40. The van der Waals surface area contributed by atoms with Gasteiger partial charge in [-0.25, -0.2) is 8.78 Å². The van der Waals surface area contributed by atoms with Gasteiger partial charge in [-0.05, 0) is 18.2 Å². The Morgan fingerprint density at radius 1 is 1.10 bits per heavy atom. The Bertz CT molecular complexity index is 807. The van der Waals surface area contributed by atoms with Gasteiger partial charge in [0.1, 0.15) is 22.3 Å². The highest BCUT2D eigenvalue weighted by Gasteiger charge is 2.22. The largest absolute Gasteiger partial charge is 0.379 e. The van der Waals surface area contributed by atoms with E-state index in [2.05, 4.69) is 4.18 Å². The predicted molar refractivity (Wildman–Crippen MR) is 67.3 cm³/mol. The molecule has 110 valence electrons. The highest BCUT2D eigenvalue weighted by atomic mass is 32.2. The van der Waals surface area contributed by atoms with Crippen LogP contribution in [0.15, 0.2) is 47.4 Å². The van der Waals surface area contributed by atoms with E-state index < -0.39 is 31.6 Å². The second kappa shape index (κ2) is 5.44. The summed E-state index contributed by atoms with van der Waals surface area (Å²) in [6, 6.07) is 6.24. The summed E-state index contributed by atoms with van der Waals surface area (Å²) in [5, 5.41) is 10.6. The monoisotopic (exact) mass is 315 g/mol. The Morgan fingerprint density at radius 3 is 2.43 bits per heavy atom. The van der Waals surface area contributed by atoms with Gasteiger partial charge in [0.15, 0.2) is 0 Å². The van der Waals surface area contributed by atoms with Crippen LogP contribution in [0.2, 0.25) is 0 Å². The van der Waals surface area contributed by atoms with Crippen molar-refractivity contribution in [3.8, 4) is 5.75 Å². The summed E-state index contributed by atoms with van der Waals surface area (Å²) in [5.41, 5.74) is -0.387. The van der Waals surface area contributed by atoms with Gasteiger partial charge < -0.3 is 4.18 Å². The standard InChI is InChI=1S/C12H7F2NO5S/c13-8-4-5-12(11(14)6-8)21(18,19)20-10-3-1-2-9(7-10)15(16)17/h1-7H. The lowest BCUT2D eigenvalue weighted by Gasteiger charge is -2.07. The second-order valence-corrected chi connectivity index (χ2v) is 5.38. The van der Waals surface area contributed by atoms with Crippen LogP contribution in [0.3, 0.4) is 0 Å². The van der Waals surface area contributed by atoms with E-state index in [1.807, 2.05) is 0 Å². The average molecular weight is 315 g/mol. The molecule has 0 amide bonds. The lowest BCUT2D eigenvalue weighted by Crippen LogP contribution is -2.12. The topological polar surface area (TPSA) is 86.5 Å². The molecule has 0 bridgehead atoms. The maximum absolute atomic E-state index is 13.4. The van der Waals surface area contributed by atoms with Gasteiger partial charge in [0.2, 0.25) is 0 Å². The van der Waals surface area contributed by atoms with Gasteiger partial charge in [-0.1, -0.05) is 6.07 Å². The fraction of sp³-hybridized carbons (Fsp3) is 0. The lowest BCUT2D eigenvalue weighted by molar-refractivity contribution is -0.384. The highest BCUT2D eigenvalue weighted by molar-refractivity contribution is 7.87. The zero-order chi connectivity index (χ0) is 15.6. The molecule has 2 aromatic carbocycles. The van der Waals surface area contributed by atoms with E-state index in [9.17, 15) is 27.3 Å². The van der Waals surface area contributed by atoms with Crippen molar-refractivity contribution >= 4 is 15.8 Å². The molecule has 0 heterocycles. The third kappa shape index (κ3) is 3.31. The third-order valence-corrected chi connectivity index (χ3v) is 3.68. The van der Waals surface area contributed by atoms with Crippen LogP contribution in [0, 0.1) is 21.7 Å². The van der Waals surface area contributed by atoms with Crippen LogP contribution in [0.25, 0.3) is 0 Å². The second-order valence-electron chi connectivity index (χ2n) is 3.87. The average Bonchev–Trinajstić information content (AvgIpc) is 2.37. The number of hydrogen-bond donors (Lipinski definition) is 0. The van der Waals surface area contributed by atoms with Gasteiger partial charge in [0, 0.05) is 12.1 Å². The molecule has 2 rings (SSSR count). The van der Waals surface area contributed by atoms with Crippen LogP contribution < -0.4 is 4.18 Å². The molecule has 0 saturated heterocycles. The van der Waals surface area contributed by atoms with Crippen molar-refractivity contribution in [3.05, 3.63) is 64.2 Å². The SMILES string of the molecule is O=[N+]([O-])c1cccc(OS(=O)(=O)c2ccc(F)cc2F)c1. The molecule has 0 aliphatic carbocycles. The van der Waals surface area contributed by atoms with Crippen LogP contribution in [-0.4, -0.2) is 13.3 Å². The Hall–Kier alpha value is -2.55. The quantitative estimate of drug-likeness (QED) is 0.492. The Balaban J connectivity index is 2.37. The normalized spacial score (nSPS) is 11.1. The van der Waals surface area contributed by atoms with Crippen molar-refractivity contribution in [3.63, 3.8) is 0 Å². The van der Waals surface area contributed by atoms with Crippen molar-refractivity contribution in [2.24, 2.45) is 0 Å². The van der Waals surface area contributed by atoms with E-state index >= 15 is 0 Å². The highest BCUT2D eigenvalue weighted by Crippen LogP contribution is 2.24. The number of nitro benzene ring substituents is 1. The van der Waals surface area contributed by atoms with E-state index in [1.165, 1.54) is 6.07 Å². The molecular formula is C12H7F2NO5S. The molecule has 21 heavy (non-hydrogen) atoms. The molecule has 9 heteroatoms. The minimum atomic E-state index is -4.57. The van der Waals surface area contributed by atoms with E-state index in [0.29, 0.717) is 12.1 Å². The first kappa shape index (κ1) is 14.9. The summed E-state index contributed by atoms with van der Waals surface area (Å²) < 4.78 is 54.5. The number of benzene rings is 2. The summed E-state index contributed by atoms with van der Waals surface area (Å²) in [6.07, 6.45) is 0. The molecule has 0 unspecified atom stereocenters. The zero-order valence-electron chi connectivity index (χ0n) is 10.2. The molecule has 6 nitrogen and oxygen atoms in total. The molecule has 0 spiro atoms. The number of non-ortho nitro benzene ring substituents is 1. The van der Waals surface area contributed by atoms with Gasteiger partial charge in [0.25, 0.3) is 5.69 Å². The van der Waals surface area contributed by atoms with Crippen molar-refractivity contribution in [1.82, 2.24) is 0 Å². The van der Waals surface area contributed by atoms with Gasteiger partial charge in [-0.2, -0.15) is 8.42 Å². The van der Waals surface area contributed by atoms with Crippen molar-refractivity contribution in [1.29, 1.82) is 0 Å². The number of nitro groups is 1. The summed E-state index contributed by atoms with van der Waals surface area (Å²) in [7, 11) is -4.57. The first-order chi connectivity index (χ1) is 9.79. The molecule has 0 aliphatic rings. The minimum absolute atomic E-state index is 0.354. The van der Waals surface area contributed by atoms with E-state index in [1.54, 1.807) is 0 Å². The molecule has 0 N–H and O–H groups in total. The van der Waals surface area contributed by atoms with E-state index in [4.69, 9.17) is 0 Å². The summed E-state index contributed by atoms with van der Waals surface area (Å²) in [4.78, 5) is 8.98. The fourth-order valence-electron chi connectivity index (χ4n) is 1.50. The van der Waals surface area contributed by atoms with Gasteiger partial charge in [-0.15, -0.1) is 0 Å². The van der Waals surface area contributed by atoms with Crippen LogP contribution in [0.1, 0.15) is 0 Å². The van der Waals surface area contributed by atoms with E-state index in [-0.39, 0.29) is 11.4 Å². The van der Waals surface area contributed by atoms with Crippen molar-refractivity contribution < 1.29 is 26.3 Å². The molecule has 0 radical (unpaired) electrons. The smallest absolute Gasteiger partial charge is 0.342 e. The first-order valence-corrected chi connectivity index (χ1v) is 6.84. The molecule has 0 saturated carbocycles. The zero-order valence-corrected chi connectivity index (χ0v) is 11.0. The number of rotatable bonds is 4. The Morgan fingerprint density at radius 2 is 1.81 bits per heavy atom.